The van der Waals surface area contributed by atoms with Crippen molar-refractivity contribution in [1.82, 2.24) is 24.4 Å². The van der Waals surface area contributed by atoms with E-state index in [9.17, 15) is 18.0 Å². The zero-order valence-electron chi connectivity index (χ0n) is 33.6. The minimum Gasteiger partial charge on any atom is -0.447 e. The van der Waals surface area contributed by atoms with Gasteiger partial charge in [0, 0.05) is 53.8 Å². The molecule has 3 heterocycles. The first-order valence-corrected chi connectivity index (χ1v) is 20.5. The largest absolute Gasteiger partial charge is 0.447 e. The lowest BCUT2D eigenvalue weighted by molar-refractivity contribution is -0.137. The lowest BCUT2D eigenvalue weighted by atomic mass is 9.77. The van der Waals surface area contributed by atoms with E-state index in [1.54, 1.807) is 18.5 Å². The predicted molar refractivity (Wildman–Crippen MR) is 225 cm³/mol. The molecule has 6 aromatic rings. The SMILES string of the molecule is CC[C@@H]1CC(N(Cc2cc(Cl)cc(C(F)(F)F)c2)c2ncc(-c3cn(C(c4ccccc4)(c4ccccc4)c4ccccc4)cn3)cn2)C[C@H](CC)N1C(=O)OC(C)C. The highest BCUT2D eigenvalue weighted by Crippen LogP contribution is 2.42. The number of piperidine rings is 1. The second kappa shape index (κ2) is 17.7. The number of rotatable bonds is 12. The summed E-state index contributed by atoms with van der Waals surface area (Å²) >= 11 is 6.28. The number of likely N-dealkylation sites (tertiary alicyclic amines) is 1. The number of amides is 1. The summed E-state index contributed by atoms with van der Waals surface area (Å²) in [4.78, 5) is 31.8. The van der Waals surface area contributed by atoms with Gasteiger partial charge in [-0.25, -0.2) is 19.7 Å². The number of hydrogen-bond donors (Lipinski definition) is 0. The number of ether oxygens (including phenoxy) is 1. The molecule has 0 radical (unpaired) electrons. The number of carbonyl (C=O) groups excluding carboxylic acids is 1. The van der Waals surface area contributed by atoms with Gasteiger partial charge in [0.05, 0.1) is 23.7 Å². The summed E-state index contributed by atoms with van der Waals surface area (Å²) in [5, 5.41) is -0.0108. The summed E-state index contributed by atoms with van der Waals surface area (Å²) in [6, 6.07) is 34.0. The molecular weight excluding hydrogens is 773 g/mol. The molecule has 1 unspecified atom stereocenters. The number of anilines is 1. The first-order valence-electron chi connectivity index (χ1n) is 20.1. The molecule has 8 nitrogen and oxygen atoms in total. The van der Waals surface area contributed by atoms with Crippen molar-refractivity contribution >= 4 is 23.6 Å². The van der Waals surface area contributed by atoms with Gasteiger partial charge in [0.25, 0.3) is 0 Å². The lowest BCUT2D eigenvalue weighted by Gasteiger charge is -2.47. The molecule has 59 heavy (non-hydrogen) atoms. The molecule has 4 aromatic carbocycles. The summed E-state index contributed by atoms with van der Waals surface area (Å²) in [5.74, 6) is 0.349. The van der Waals surface area contributed by atoms with Gasteiger partial charge in [-0.05, 0) is 80.0 Å². The number of benzene rings is 4. The summed E-state index contributed by atoms with van der Waals surface area (Å²) in [5.41, 5.74) is 3.26. The van der Waals surface area contributed by atoms with Gasteiger partial charge in [0.15, 0.2) is 0 Å². The first kappa shape index (κ1) is 41.5. The molecule has 3 atom stereocenters. The average molecular weight is 821 g/mol. The molecule has 0 saturated carbocycles. The number of carbonyl (C=O) groups is 1. The molecule has 0 aliphatic carbocycles. The van der Waals surface area contributed by atoms with Crippen LogP contribution >= 0.6 is 11.6 Å². The van der Waals surface area contributed by atoms with Crippen LogP contribution in [-0.4, -0.2) is 54.7 Å². The Bertz CT molecular complexity index is 2200. The number of nitrogens with zero attached hydrogens (tertiary/aromatic N) is 6. The van der Waals surface area contributed by atoms with Crippen molar-refractivity contribution < 1.29 is 22.7 Å². The normalized spacial score (nSPS) is 17.2. The van der Waals surface area contributed by atoms with Gasteiger partial charge in [-0.2, -0.15) is 13.2 Å². The molecular formula is C47H48ClF3N6O2. The van der Waals surface area contributed by atoms with Crippen LogP contribution in [0.25, 0.3) is 11.3 Å². The molecule has 7 rings (SSSR count). The van der Waals surface area contributed by atoms with Crippen LogP contribution in [0.1, 0.15) is 81.2 Å². The fourth-order valence-electron chi connectivity index (χ4n) is 8.50. The van der Waals surface area contributed by atoms with E-state index in [-0.39, 0.29) is 41.9 Å². The van der Waals surface area contributed by atoms with Crippen molar-refractivity contribution in [2.75, 3.05) is 4.90 Å². The Kier molecular flexibility index (Phi) is 12.4. The van der Waals surface area contributed by atoms with Gasteiger partial charge < -0.3 is 19.1 Å². The van der Waals surface area contributed by atoms with Crippen molar-refractivity contribution in [3.63, 3.8) is 0 Å². The number of hydrogen-bond acceptors (Lipinski definition) is 6. The van der Waals surface area contributed by atoms with E-state index in [2.05, 4.69) is 41.0 Å². The maximum absolute atomic E-state index is 14.0. The molecule has 1 amide bonds. The van der Waals surface area contributed by atoms with Crippen molar-refractivity contribution in [2.45, 2.75) is 95.9 Å². The van der Waals surface area contributed by atoms with Crippen molar-refractivity contribution in [3.8, 4) is 11.3 Å². The Hall–Kier alpha value is -5.68. The zero-order valence-corrected chi connectivity index (χ0v) is 34.3. The number of halogens is 4. The molecule has 306 valence electrons. The third-order valence-corrected chi connectivity index (χ3v) is 11.4. The Balaban J connectivity index is 1.28. The Labute approximate surface area is 348 Å². The van der Waals surface area contributed by atoms with Gasteiger partial charge in [-0.1, -0.05) is 116 Å². The summed E-state index contributed by atoms with van der Waals surface area (Å²) in [6.45, 7) is 7.77. The maximum atomic E-state index is 14.0. The Morgan fingerprint density at radius 1 is 0.797 bits per heavy atom. The number of imidazole rings is 1. The molecule has 1 aliphatic heterocycles. The topological polar surface area (TPSA) is 76.4 Å². The lowest BCUT2D eigenvalue weighted by Crippen LogP contribution is -2.57. The van der Waals surface area contributed by atoms with Crippen LogP contribution in [0.15, 0.2) is 134 Å². The Morgan fingerprint density at radius 2 is 1.32 bits per heavy atom. The third-order valence-electron chi connectivity index (χ3n) is 11.2. The van der Waals surface area contributed by atoms with Crippen LogP contribution in [0.3, 0.4) is 0 Å². The second-order valence-corrected chi connectivity index (χ2v) is 15.7. The smallest absolute Gasteiger partial charge is 0.416 e. The van der Waals surface area contributed by atoms with E-state index in [0.29, 0.717) is 48.5 Å². The third kappa shape index (κ3) is 8.71. The van der Waals surface area contributed by atoms with E-state index < -0.39 is 17.3 Å². The van der Waals surface area contributed by atoms with Crippen LogP contribution in [0.5, 0.6) is 0 Å². The maximum Gasteiger partial charge on any atom is 0.416 e. The number of alkyl halides is 3. The molecule has 0 bridgehead atoms. The summed E-state index contributed by atoms with van der Waals surface area (Å²) in [7, 11) is 0. The van der Waals surface area contributed by atoms with E-state index in [0.717, 1.165) is 28.8 Å². The fraction of sp³-hybridized carbons (Fsp3) is 0.319. The summed E-state index contributed by atoms with van der Waals surface area (Å²) < 4.78 is 49.7. The second-order valence-electron chi connectivity index (χ2n) is 15.3. The zero-order chi connectivity index (χ0) is 41.7. The van der Waals surface area contributed by atoms with E-state index >= 15 is 0 Å². The predicted octanol–water partition coefficient (Wildman–Crippen LogP) is 11.4. The molecule has 1 fully saturated rings. The van der Waals surface area contributed by atoms with Gasteiger partial charge in [0.1, 0.15) is 5.54 Å². The fourth-order valence-corrected chi connectivity index (χ4v) is 8.76. The van der Waals surface area contributed by atoms with Gasteiger partial charge >= 0.3 is 12.3 Å². The minimum atomic E-state index is -4.58. The molecule has 1 saturated heterocycles. The highest BCUT2D eigenvalue weighted by atomic mass is 35.5. The molecule has 0 spiro atoms. The highest BCUT2D eigenvalue weighted by molar-refractivity contribution is 6.30. The van der Waals surface area contributed by atoms with E-state index in [4.69, 9.17) is 31.3 Å². The van der Waals surface area contributed by atoms with E-state index in [1.165, 1.54) is 0 Å². The van der Waals surface area contributed by atoms with Crippen LogP contribution in [0.2, 0.25) is 5.02 Å². The van der Waals surface area contributed by atoms with Gasteiger partial charge in [0.2, 0.25) is 5.95 Å². The molecule has 2 aromatic heterocycles. The van der Waals surface area contributed by atoms with Gasteiger partial charge in [-0.3, -0.25) is 0 Å². The van der Waals surface area contributed by atoms with E-state index in [1.807, 2.05) is 105 Å². The first-order chi connectivity index (χ1) is 28.4. The Morgan fingerprint density at radius 3 is 1.80 bits per heavy atom. The molecule has 0 N–H and O–H groups in total. The van der Waals surface area contributed by atoms with Crippen molar-refractivity contribution in [2.24, 2.45) is 0 Å². The highest BCUT2D eigenvalue weighted by Gasteiger charge is 2.42. The van der Waals surface area contributed by atoms with Crippen LogP contribution < -0.4 is 4.90 Å². The average Bonchev–Trinajstić information content (AvgIpc) is 3.73. The number of aromatic nitrogens is 4. The van der Waals surface area contributed by atoms with Gasteiger partial charge in [-0.15, -0.1) is 0 Å². The summed E-state index contributed by atoms with van der Waals surface area (Å²) in [6.07, 6.45) is 4.46. The van der Waals surface area contributed by atoms with Crippen LogP contribution in [-0.2, 0) is 23.0 Å². The molecule has 12 heteroatoms. The minimum absolute atomic E-state index is 0.0108. The molecule has 1 aliphatic rings. The monoisotopic (exact) mass is 820 g/mol. The quantitative estimate of drug-likeness (QED) is 0.114. The van der Waals surface area contributed by atoms with Crippen LogP contribution in [0.4, 0.5) is 23.9 Å². The van der Waals surface area contributed by atoms with Crippen molar-refractivity contribution in [3.05, 3.63) is 167 Å². The van der Waals surface area contributed by atoms with Crippen molar-refractivity contribution in [1.29, 1.82) is 0 Å². The van der Waals surface area contributed by atoms with Crippen LogP contribution in [0, 0.1) is 0 Å². The standard InChI is InChI=1S/C47H48ClF3N6O2/c1-5-40-25-42(26-41(6-2)57(40)45(58)59-32(3)4)56(29-33-22-38(47(49,50)51)24-39(48)23-33)44-52-27-34(28-53-44)43-30-55(31-54-43)46(35-16-10-7-11-17-35,36-18-12-8-13-19-36)37-20-14-9-15-21-37/h7-24,27-28,30-32,40-42H,5-6,25-26,29H2,1-4H3/t40-,41+,42?.